The zero-order chi connectivity index (χ0) is 11.9. The van der Waals surface area contributed by atoms with Crippen molar-refractivity contribution in [3.63, 3.8) is 0 Å². The van der Waals surface area contributed by atoms with E-state index < -0.39 is 0 Å². The van der Waals surface area contributed by atoms with Crippen molar-refractivity contribution in [3.8, 4) is 0 Å². The largest absolute Gasteiger partial charge is 0.381 e. The molecule has 1 aliphatic carbocycles. The van der Waals surface area contributed by atoms with Gasteiger partial charge in [0, 0.05) is 26.3 Å². The zero-order valence-corrected chi connectivity index (χ0v) is 10.3. The summed E-state index contributed by atoms with van der Waals surface area (Å²) in [6, 6.07) is 0. The smallest absolute Gasteiger partial charge is 0.227 e. The molecule has 0 heterocycles. The zero-order valence-electron chi connectivity index (χ0n) is 10.3. The van der Waals surface area contributed by atoms with Gasteiger partial charge in [0.1, 0.15) is 0 Å². The molecule has 0 saturated heterocycles. The van der Waals surface area contributed by atoms with Crippen molar-refractivity contribution in [2.75, 3.05) is 26.3 Å². The minimum atomic E-state index is -0.219. The third kappa shape index (κ3) is 4.10. The fraction of sp³-hybridized carbons (Fsp3) is 0.917. The standard InChI is InChI=1S/C12H24N2O2/c1-2-3-8-16-9-4-7-14-11(15)12(10-13)5-6-12/h2-10,13H2,1H3,(H,14,15). The number of carbonyl (C=O) groups is 1. The first-order valence-electron chi connectivity index (χ1n) is 6.31. The Morgan fingerprint density at radius 3 is 2.62 bits per heavy atom. The average Bonchev–Trinajstić information content (AvgIpc) is 3.08. The molecule has 0 bridgehead atoms. The van der Waals surface area contributed by atoms with E-state index in [1.165, 1.54) is 0 Å². The second-order valence-electron chi connectivity index (χ2n) is 4.56. The fourth-order valence-corrected chi connectivity index (χ4v) is 1.59. The van der Waals surface area contributed by atoms with Crippen LogP contribution in [0.2, 0.25) is 0 Å². The number of hydrogen-bond acceptors (Lipinski definition) is 3. The van der Waals surface area contributed by atoms with Gasteiger partial charge in [-0.05, 0) is 25.7 Å². The van der Waals surface area contributed by atoms with Gasteiger partial charge in [-0.3, -0.25) is 4.79 Å². The van der Waals surface area contributed by atoms with Gasteiger partial charge >= 0.3 is 0 Å². The van der Waals surface area contributed by atoms with E-state index in [4.69, 9.17) is 10.5 Å². The Hall–Kier alpha value is -0.610. The van der Waals surface area contributed by atoms with E-state index in [1.54, 1.807) is 0 Å². The van der Waals surface area contributed by atoms with E-state index in [1.807, 2.05) is 0 Å². The molecule has 0 unspecified atom stereocenters. The van der Waals surface area contributed by atoms with Crippen LogP contribution in [0.5, 0.6) is 0 Å². The minimum Gasteiger partial charge on any atom is -0.381 e. The molecule has 4 heteroatoms. The van der Waals surface area contributed by atoms with Gasteiger partial charge < -0.3 is 15.8 Å². The summed E-state index contributed by atoms with van der Waals surface area (Å²) in [6.07, 6.45) is 5.05. The summed E-state index contributed by atoms with van der Waals surface area (Å²) < 4.78 is 5.41. The highest BCUT2D eigenvalue weighted by atomic mass is 16.5. The highest BCUT2D eigenvalue weighted by Gasteiger charge is 2.48. The average molecular weight is 228 g/mol. The highest BCUT2D eigenvalue weighted by molar-refractivity contribution is 5.85. The molecule has 0 aliphatic heterocycles. The van der Waals surface area contributed by atoms with Crippen LogP contribution in [0.4, 0.5) is 0 Å². The number of amides is 1. The van der Waals surface area contributed by atoms with Crippen LogP contribution in [0.25, 0.3) is 0 Å². The van der Waals surface area contributed by atoms with Crippen molar-refractivity contribution in [2.45, 2.75) is 39.0 Å². The third-order valence-corrected chi connectivity index (χ3v) is 3.12. The molecule has 0 aromatic carbocycles. The van der Waals surface area contributed by atoms with Crippen LogP contribution in [0.1, 0.15) is 39.0 Å². The summed E-state index contributed by atoms with van der Waals surface area (Å²) in [5.74, 6) is 0.128. The Morgan fingerprint density at radius 2 is 2.06 bits per heavy atom. The molecular formula is C12H24N2O2. The third-order valence-electron chi connectivity index (χ3n) is 3.12. The molecule has 4 nitrogen and oxygen atoms in total. The van der Waals surface area contributed by atoms with Crippen molar-refractivity contribution < 1.29 is 9.53 Å². The second-order valence-corrected chi connectivity index (χ2v) is 4.56. The summed E-state index contributed by atoms with van der Waals surface area (Å²) in [4.78, 5) is 11.7. The van der Waals surface area contributed by atoms with Gasteiger partial charge in [-0.1, -0.05) is 13.3 Å². The van der Waals surface area contributed by atoms with Crippen LogP contribution in [-0.2, 0) is 9.53 Å². The molecule has 94 valence electrons. The molecular weight excluding hydrogens is 204 g/mol. The molecule has 0 aromatic rings. The molecule has 1 rings (SSSR count). The van der Waals surface area contributed by atoms with Gasteiger partial charge in [-0.2, -0.15) is 0 Å². The van der Waals surface area contributed by atoms with Gasteiger partial charge in [0.15, 0.2) is 0 Å². The van der Waals surface area contributed by atoms with Crippen molar-refractivity contribution in [1.29, 1.82) is 0 Å². The molecule has 0 aromatic heterocycles. The van der Waals surface area contributed by atoms with Gasteiger partial charge in [0.25, 0.3) is 0 Å². The van der Waals surface area contributed by atoms with E-state index >= 15 is 0 Å². The molecule has 1 saturated carbocycles. The maximum atomic E-state index is 11.7. The SMILES string of the molecule is CCCCOCCCNC(=O)C1(CN)CC1. The van der Waals surface area contributed by atoms with Crippen LogP contribution < -0.4 is 11.1 Å². The fourth-order valence-electron chi connectivity index (χ4n) is 1.59. The van der Waals surface area contributed by atoms with E-state index in [-0.39, 0.29) is 11.3 Å². The number of carbonyl (C=O) groups excluding carboxylic acids is 1. The Kier molecular flexibility index (Phi) is 5.77. The lowest BCUT2D eigenvalue weighted by molar-refractivity contribution is -0.126. The van der Waals surface area contributed by atoms with Crippen LogP contribution in [0.15, 0.2) is 0 Å². The molecule has 0 spiro atoms. The first kappa shape index (κ1) is 13.5. The van der Waals surface area contributed by atoms with Crippen LogP contribution in [0, 0.1) is 5.41 Å². The summed E-state index contributed by atoms with van der Waals surface area (Å²) in [7, 11) is 0. The van der Waals surface area contributed by atoms with Gasteiger partial charge in [0.2, 0.25) is 5.91 Å². The quantitative estimate of drug-likeness (QED) is 0.580. The molecule has 0 radical (unpaired) electrons. The number of ether oxygens (including phenoxy) is 1. The lowest BCUT2D eigenvalue weighted by Crippen LogP contribution is -2.37. The van der Waals surface area contributed by atoms with Gasteiger partial charge in [-0.15, -0.1) is 0 Å². The molecule has 1 amide bonds. The van der Waals surface area contributed by atoms with Gasteiger partial charge in [-0.25, -0.2) is 0 Å². The predicted molar refractivity (Wildman–Crippen MR) is 64.1 cm³/mol. The summed E-state index contributed by atoms with van der Waals surface area (Å²) >= 11 is 0. The number of unbranched alkanes of at least 4 members (excludes halogenated alkanes) is 1. The molecule has 0 atom stereocenters. The molecule has 16 heavy (non-hydrogen) atoms. The van der Waals surface area contributed by atoms with Crippen LogP contribution >= 0.6 is 0 Å². The first-order valence-corrected chi connectivity index (χ1v) is 6.31. The topological polar surface area (TPSA) is 64.3 Å². The Labute approximate surface area is 97.9 Å². The molecule has 1 aliphatic rings. The summed E-state index contributed by atoms with van der Waals surface area (Å²) in [6.45, 7) is 4.89. The van der Waals surface area contributed by atoms with E-state index in [2.05, 4.69) is 12.2 Å². The summed E-state index contributed by atoms with van der Waals surface area (Å²) in [5.41, 5.74) is 5.35. The monoisotopic (exact) mass is 228 g/mol. The van der Waals surface area contributed by atoms with Crippen molar-refractivity contribution in [2.24, 2.45) is 11.1 Å². The Morgan fingerprint density at radius 1 is 1.38 bits per heavy atom. The number of nitrogens with one attached hydrogen (secondary N) is 1. The predicted octanol–water partition coefficient (Wildman–Crippen LogP) is 1.05. The van der Waals surface area contributed by atoms with E-state index in [0.717, 1.165) is 45.3 Å². The number of hydrogen-bond donors (Lipinski definition) is 2. The van der Waals surface area contributed by atoms with E-state index in [9.17, 15) is 4.79 Å². The van der Waals surface area contributed by atoms with Crippen molar-refractivity contribution in [3.05, 3.63) is 0 Å². The molecule has 3 N–H and O–H groups in total. The van der Waals surface area contributed by atoms with Gasteiger partial charge in [0.05, 0.1) is 5.41 Å². The van der Waals surface area contributed by atoms with Crippen molar-refractivity contribution >= 4 is 5.91 Å². The maximum Gasteiger partial charge on any atom is 0.227 e. The molecule has 1 fully saturated rings. The Bertz CT molecular complexity index is 215. The van der Waals surface area contributed by atoms with Crippen LogP contribution in [-0.4, -0.2) is 32.2 Å². The maximum absolute atomic E-state index is 11.7. The number of rotatable bonds is 9. The second kappa shape index (κ2) is 6.86. The minimum absolute atomic E-state index is 0.128. The normalized spacial score (nSPS) is 17.1. The van der Waals surface area contributed by atoms with E-state index in [0.29, 0.717) is 13.1 Å². The summed E-state index contributed by atoms with van der Waals surface area (Å²) in [5, 5.41) is 2.93. The van der Waals surface area contributed by atoms with Crippen LogP contribution in [0.3, 0.4) is 0 Å². The lowest BCUT2D eigenvalue weighted by Gasteiger charge is -2.12. The Balaban J connectivity index is 1.93. The highest BCUT2D eigenvalue weighted by Crippen LogP contribution is 2.44. The first-order chi connectivity index (χ1) is 7.75. The number of nitrogens with two attached hydrogens (primary N) is 1. The lowest BCUT2D eigenvalue weighted by atomic mass is 10.1. The van der Waals surface area contributed by atoms with Crippen molar-refractivity contribution in [1.82, 2.24) is 5.32 Å².